The minimum atomic E-state index is -0.148. The smallest absolute Gasteiger partial charge is 0.249 e. The highest BCUT2D eigenvalue weighted by Crippen LogP contribution is 2.23. The highest BCUT2D eigenvalue weighted by Gasteiger charge is 2.35. The Morgan fingerprint density at radius 1 is 1.12 bits per heavy atom. The van der Waals surface area contributed by atoms with Gasteiger partial charge in [-0.25, -0.2) is 0 Å². The molecule has 1 heterocycles. The number of carbonyl (C=O) groups excluding carboxylic acids is 2. The number of rotatable bonds is 5. The molecule has 0 aromatic heterocycles. The third kappa shape index (κ3) is 4.11. The van der Waals surface area contributed by atoms with Crippen molar-refractivity contribution >= 4 is 17.5 Å². The molecule has 0 bridgehead atoms. The second-order valence-electron chi connectivity index (χ2n) is 6.64. The van der Waals surface area contributed by atoms with Crippen LogP contribution in [0.3, 0.4) is 0 Å². The lowest BCUT2D eigenvalue weighted by molar-refractivity contribution is -0.142. The number of carbonyl (C=O) groups is 2. The lowest BCUT2D eigenvalue weighted by Gasteiger charge is -2.41. The molecule has 0 N–H and O–H groups in total. The zero-order chi connectivity index (χ0) is 18.5. The van der Waals surface area contributed by atoms with E-state index in [2.05, 4.69) is 0 Å². The maximum Gasteiger partial charge on any atom is 0.249 e. The van der Waals surface area contributed by atoms with E-state index in [1.54, 1.807) is 9.80 Å². The Morgan fingerprint density at radius 2 is 1.81 bits per heavy atom. The second kappa shape index (κ2) is 8.15. The number of piperazine rings is 1. The van der Waals surface area contributed by atoms with Crippen molar-refractivity contribution in [3.8, 4) is 0 Å². The predicted molar refractivity (Wildman–Crippen MR) is 101 cm³/mol. The molecule has 26 heavy (non-hydrogen) atoms. The number of hydrogen-bond donors (Lipinski definition) is 0. The molecule has 0 aliphatic carbocycles. The molecular formula is C21H24N2O3. The zero-order valence-electron chi connectivity index (χ0n) is 15.2. The molecule has 1 aliphatic rings. The van der Waals surface area contributed by atoms with Gasteiger partial charge >= 0.3 is 0 Å². The van der Waals surface area contributed by atoms with Gasteiger partial charge in [-0.15, -0.1) is 0 Å². The molecule has 5 nitrogen and oxygen atoms in total. The first kappa shape index (κ1) is 18.1. The van der Waals surface area contributed by atoms with Crippen LogP contribution < -0.4 is 4.90 Å². The van der Waals surface area contributed by atoms with E-state index in [0.29, 0.717) is 13.0 Å². The Hall–Kier alpha value is -2.66. The summed E-state index contributed by atoms with van der Waals surface area (Å²) >= 11 is 0. The lowest BCUT2D eigenvalue weighted by atomic mass is 10.0. The summed E-state index contributed by atoms with van der Waals surface area (Å²) in [7, 11) is 1.49. The summed E-state index contributed by atoms with van der Waals surface area (Å²) in [6, 6.07) is 17.9. The normalized spacial score (nSPS) is 17.5. The van der Waals surface area contributed by atoms with Gasteiger partial charge in [-0.2, -0.15) is 0 Å². The Bertz CT molecular complexity index is 759. The zero-order valence-corrected chi connectivity index (χ0v) is 15.2. The van der Waals surface area contributed by atoms with Gasteiger partial charge in [0.05, 0.1) is 6.04 Å². The molecule has 1 atom stereocenters. The van der Waals surface area contributed by atoms with E-state index in [1.165, 1.54) is 7.11 Å². The molecule has 0 saturated carbocycles. The SMILES string of the molecule is COCC(=O)N1CC(=O)N(c2ccc(C)cc2)CC1Cc1ccccc1. The Labute approximate surface area is 154 Å². The van der Waals surface area contributed by atoms with E-state index in [9.17, 15) is 9.59 Å². The molecule has 1 aliphatic heterocycles. The number of aryl methyl sites for hydroxylation is 1. The highest BCUT2D eigenvalue weighted by atomic mass is 16.5. The van der Waals surface area contributed by atoms with Gasteiger partial charge in [-0.05, 0) is 31.0 Å². The number of anilines is 1. The van der Waals surface area contributed by atoms with Gasteiger partial charge in [0.25, 0.3) is 0 Å². The summed E-state index contributed by atoms with van der Waals surface area (Å²) in [5, 5.41) is 0. The van der Waals surface area contributed by atoms with Crippen LogP contribution in [0.25, 0.3) is 0 Å². The van der Waals surface area contributed by atoms with Gasteiger partial charge in [0.1, 0.15) is 13.2 Å². The number of amides is 2. The van der Waals surface area contributed by atoms with Crippen molar-refractivity contribution in [2.45, 2.75) is 19.4 Å². The average molecular weight is 352 g/mol. The quantitative estimate of drug-likeness (QED) is 0.830. The van der Waals surface area contributed by atoms with Gasteiger partial charge in [-0.1, -0.05) is 48.0 Å². The van der Waals surface area contributed by atoms with Crippen molar-refractivity contribution in [3.63, 3.8) is 0 Å². The first-order valence-corrected chi connectivity index (χ1v) is 8.78. The van der Waals surface area contributed by atoms with Crippen LogP contribution in [0.5, 0.6) is 0 Å². The largest absolute Gasteiger partial charge is 0.375 e. The van der Waals surface area contributed by atoms with Crippen LogP contribution in [0.2, 0.25) is 0 Å². The Balaban J connectivity index is 1.85. The summed E-state index contributed by atoms with van der Waals surface area (Å²) in [6.45, 7) is 2.56. The molecular weight excluding hydrogens is 328 g/mol. The number of ether oxygens (including phenoxy) is 1. The van der Waals surface area contributed by atoms with Crippen LogP contribution in [0.4, 0.5) is 5.69 Å². The summed E-state index contributed by atoms with van der Waals surface area (Å²) in [5.41, 5.74) is 3.17. The first-order chi connectivity index (χ1) is 12.6. The fourth-order valence-electron chi connectivity index (χ4n) is 3.30. The summed E-state index contributed by atoms with van der Waals surface area (Å²) < 4.78 is 5.00. The van der Waals surface area contributed by atoms with Gasteiger partial charge < -0.3 is 14.5 Å². The van der Waals surface area contributed by atoms with E-state index in [1.807, 2.05) is 61.5 Å². The van der Waals surface area contributed by atoms with Gasteiger partial charge in [0, 0.05) is 19.3 Å². The second-order valence-corrected chi connectivity index (χ2v) is 6.64. The van der Waals surface area contributed by atoms with Crippen molar-refractivity contribution in [3.05, 3.63) is 65.7 Å². The van der Waals surface area contributed by atoms with Gasteiger partial charge in [0.2, 0.25) is 11.8 Å². The molecule has 0 radical (unpaired) electrons. The molecule has 1 saturated heterocycles. The van der Waals surface area contributed by atoms with Crippen LogP contribution >= 0.6 is 0 Å². The van der Waals surface area contributed by atoms with Crippen LogP contribution in [0.1, 0.15) is 11.1 Å². The summed E-state index contributed by atoms with van der Waals surface area (Å²) in [4.78, 5) is 28.6. The highest BCUT2D eigenvalue weighted by molar-refractivity contribution is 5.98. The fraction of sp³-hybridized carbons (Fsp3) is 0.333. The molecule has 2 aromatic rings. The summed E-state index contributed by atoms with van der Waals surface area (Å²) in [5.74, 6) is -0.215. The molecule has 5 heteroatoms. The fourth-order valence-corrected chi connectivity index (χ4v) is 3.30. The molecule has 0 spiro atoms. The van der Waals surface area contributed by atoms with Crippen LogP contribution in [0, 0.1) is 6.92 Å². The number of hydrogen-bond acceptors (Lipinski definition) is 3. The number of benzene rings is 2. The van der Waals surface area contributed by atoms with Crippen LogP contribution in [0.15, 0.2) is 54.6 Å². The third-order valence-corrected chi connectivity index (χ3v) is 4.69. The van der Waals surface area contributed by atoms with Crippen LogP contribution in [-0.2, 0) is 20.7 Å². The van der Waals surface area contributed by atoms with Crippen molar-refractivity contribution in [1.82, 2.24) is 4.90 Å². The van der Waals surface area contributed by atoms with Gasteiger partial charge in [0.15, 0.2) is 0 Å². The number of methoxy groups -OCH3 is 1. The molecule has 2 aromatic carbocycles. The van der Waals surface area contributed by atoms with Crippen molar-refractivity contribution in [1.29, 1.82) is 0 Å². The first-order valence-electron chi connectivity index (χ1n) is 8.78. The average Bonchev–Trinajstić information content (AvgIpc) is 2.65. The van der Waals surface area contributed by atoms with Crippen molar-refractivity contribution in [2.75, 3.05) is 31.7 Å². The van der Waals surface area contributed by atoms with E-state index in [0.717, 1.165) is 16.8 Å². The Kier molecular flexibility index (Phi) is 5.68. The molecule has 2 amide bonds. The number of nitrogens with zero attached hydrogens (tertiary/aromatic N) is 2. The molecule has 136 valence electrons. The molecule has 1 unspecified atom stereocenters. The van der Waals surface area contributed by atoms with Crippen molar-refractivity contribution in [2.24, 2.45) is 0 Å². The third-order valence-electron chi connectivity index (χ3n) is 4.69. The van der Waals surface area contributed by atoms with E-state index >= 15 is 0 Å². The lowest BCUT2D eigenvalue weighted by Crippen LogP contribution is -2.59. The minimum Gasteiger partial charge on any atom is -0.375 e. The minimum absolute atomic E-state index is 0.0108. The van der Waals surface area contributed by atoms with E-state index in [4.69, 9.17) is 4.74 Å². The monoisotopic (exact) mass is 352 g/mol. The van der Waals surface area contributed by atoms with E-state index < -0.39 is 0 Å². The maximum absolute atomic E-state index is 12.7. The predicted octanol–water partition coefficient (Wildman–Crippen LogP) is 2.43. The van der Waals surface area contributed by atoms with E-state index in [-0.39, 0.29) is 31.0 Å². The maximum atomic E-state index is 12.7. The van der Waals surface area contributed by atoms with Crippen LogP contribution in [-0.4, -0.2) is 49.6 Å². The molecule has 1 fully saturated rings. The van der Waals surface area contributed by atoms with Gasteiger partial charge in [-0.3, -0.25) is 9.59 Å². The summed E-state index contributed by atoms with van der Waals surface area (Å²) in [6.07, 6.45) is 0.700. The topological polar surface area (TPSA) is 49.9 Å². The molecule has 3 rings (SSSR count). The Morgan fingerprint density at radius 3 is 2.46 bits per heavy atom. The van der Waals surface area contributed by atoms with Crippen molar-refractivity contribution < 1.29 is 14.3 Å². The standard InChI is InChI=1S/C21H24N2O3/c1-16-8-10-18(11-9-16)22-13-19(12-17-6-4-3-5-7-17)23(14-20(22)24)21(25)15-26-2/h3-11,19H,12-15H2,1-2H3.